The van der Waals surface area contributed by atoms with Crippen molar-refractivity contribution in [2.75, 3.05) is 13.1 Å². The number of nitrogens with zero attached hydrogens (tertiary/aromatic N) is 3. The molecule has 0 unspecified atom stereocenters. The molecule has 1 amide bonds. The molecule has 7 heteroatoms. The van der Waals surface area contributed by atoms with Crippen molar-refractivity contribution >= 4 is 44.5 Å². The number of carbonyl (C=O) groups excluding carboxylic acids is 1. The summed E-state index contributed by atoms with van der Waals surface area (Å²) >= 11 is 9.56. The van der Waals surface area contributed by atoms with Crippen LogP contribution < -0.4 is 5.32 Å². The highest BCUT2D eigenvalue weighted by Gasteiger charge is 2.27. The van der Waals surface area contributed by atoms with E-state index in [2.05, 4.69) is 55.0 Å². The lowest BCUT2D eigenvalue weighted by Gasteiger charge is -2.31. The Labute approximate surface area is 212 Å². The minimum Gasteiger partial charge on any atom is -0.352 e. The molecule has 1 N–H and O–H groups in total. The minimum absolute atomic E-state index is 0.0234. The largest absolute Gasteiger partial charge is 0.352 e. The molecule has 2 heterocycles. The molecule has 5 rings (SSSR count). The fourth-order valence-corrected chi connectivity index (χ4v) is 5.15. The van der Waals surface area contributed by atoms with Gasteiger partial charge in [0, 0.05) is 28.3 Å². The van der Waals surface area contributed by atoms with Crippen LogP contribution in [0, 0.1) is 5.92 Å². The van der Waals surface area contributed by atoms with E-state index < -0.39 is 0 Å². The first-order valence-corrected chi connectivity index (χ1v) is 12.7. The van der Waals surface area contributed by atoms with Crippen molar-refractivity contribution in [1.29, 1.82) is 0 Å². The van der Waals surface area contributed by atoms with Gasteiger partial charge in [-0.05, 0) is 67.4 Å². The summed E-state index contributed by atoms with van der Waals surface area (Å²) < 4.78 is 3.26. The highest BCUT2D eigenvalue weighted by molar-refractivity contribution is 9.10. The number of amides is 1. The number of nitrogens with one attached hydrogen (secondary N) is 1. The van der Waals surface area contributed by atoms with Gasteiger partial charge in [-0.3, -0.25) is 14.3 Å². The van der Waals surface area contributed by atoms with Gasteiger partial charge in [-0.1, -0.05) is 57.9 Å². The van der Waals surface area contributed by atoms with Crippen molar-refractivity contribution in [1.82, 2.24) is 19.8 Å². The summed E-state index contributed by atoms with van der Waals surface area (Å²) in [5, 5.41) is 3.80. The number of fused-ring (bicyclic) bond motifs is 1. The Morgan fingerprint density at radius 1 is 1.09 bits per heavy atom. The number of carbonyl (C=O) groups is 1. The van der Waals surface area contributed by atoms with Crippen molar-refractivity contribution in [2.24, 2.45) is 5.92 Å². The zero-order chi connectivity index (χ0) is 23.5. The number of rotatable bonds is 6. The zero-order valence-electron chi connectivity index (χ0n) is 18.8. The van der Waals surface area contributed by atoms with Crippen molar-refractivity contribution in [3.05, 3.63) is 93.7 Å². The SMILES string of the molecule is O=C(NCc1ccc(Cl)cc1)[C@H]1CCCN(Cc2nc3ccccc3n2-c2cccc(Br)c2)C1. The van der Waals surface area contributed by atoms with E-state index in [4.69, 9.17) is 16.6 Å². The average molecular weight is 538 g/mol. The number of para-hydroxylation sites is 2. The first-order chi connectivity index (χ1) is 16.6. The lowest BCUT2D eigenvalue weighted by atomic mass is 9.97. The van der Waals surface area contributed by atoms with Crippen LogP contribution in [0.1, 0.15) is 24.2 Å². The van der Waals surface area contributed by atoms with Crippen LogP contribution in [-0.4, -0.2) is 33.4 Å². The van der Waals surface area contributed by atoms with E-state index in [1.807, 2.05) is 48.5 Å². The Bertz CT molecular complexity index is 1300. The molecule has 1 atom stereocenters. The number of imidazole rings is 1. The number of hydrogen-bond acceptors (Lipinski definition) is 3. The van der Waals surface area contributed by atoms with E-state index >= 15 is 0 Å². The summed E-state index contributed by atoms with van der Waals surface area (Å²) in [6, 6.07) is 24.1. The second-order valence-corrected chi connectivity index (χ2v) is 10.1. The maximum Gasteiger partial charge on any atom is 0.224 e. The van der Waals surface area contributed by atoms with Gasteiger partial charge in [0.1, 0.15) is 5.82 Å². The van der Waals surface area contributed by atoms with Crippen molar-refractivity contribution in [2.45, 2.75) is 25.9 Å². The fraction of sp³-hybridized carbons (Fsp3) is 0.259. The van der Waals surface area contributed by atoms with Crippen molar-refractivity contribution in [3.8, 4) is 5.69 Å². The predicted molar refractivity (Wildman–Crippen MR) is 140 cm³/mol. The van der Waals surface area contributed by atoms with Crippen LogP contribution >= 0.6 is 27.5 Å². The van der Waals surface area contributed by atoms with E-state index in [-0.39, 0.29) is 11.8 Å². The summed E-state index contributed by atoms with van der Waals surface area (Å²) in [5.41, 5.74) is 4.19. The quantitative estimate of drug-likeness (QED) is 0.330. The highest BCUT2D eigenvalue weighted by Crippen LogP contribution is 2.26. The smallest absolute Gasteiger partial charge is 0.224 e. The molecule has 0 radical (unpaired) electrons. The van der Waals surface area contributed by atoms with Crippen LogP contribution in [0.4, 0.5) is 0 Å². The highest BCUT2D eigenvalue weighted by atomic mass is 79.9. The van der Waals surface area contributed by atoms with Crippen LogP contribution in [-0.2, 0) is 17.9 Å². The second kappa shape index (κ2) is 10.3. The number of piperidine rings is 1. The maximum absolute atomic E-state index is 12.9. The van der Waals surface area contributed by atoms with E-state index in [1.165, 1.54) is 0 Å². The van der Waals surface area contributed by atoms with Crippen LogP contribution in [0.15, 0.2) is 77.3 Å². The number of likely N-dealkylation sites (tertiary alicyclic amines) is 1. The standard InChI is InChI=1S/C27H26BrClN4O/c28-21-6-3-7-23(15-21)33-25-9-2-1-8-24(25)31-26(33)18-32-14-4-5-20(17-32)27(34)30-16-19-10-12-22(29)13-11-19/h1-3,6-13,15,20H,4-5,14,16-18H2,(H,30,34)/t20-/m0/s1. The predicted octanol–water partition coefficient (Wildman–Crippen LogP) is 5.97. The molecular formula is C27H26BrClN4O. The molecule has 0 spiro atoms. The maximum atomic E-state index is 12.9. The Hall–Kier alpha value is -2.67. The molecule has 1 fully saturated rings. The molecule has 0 aliphatic carbocycles. The number of halogens is 2. The molecular weight excluding hydrogens is 512 g/mol. The number of aromatic nitrogens is 2. The normalized spacial score (nSPS) is 16.6. The van der Waals surface area contributed by atoms with Gasteiger partial charge in [0.25, 0.3) is 0 Å². The molecule has 1 aromatic heterocycles. The monoisotopic (exact) mass is 536 g/mol. The van der Waals surface area contributed by atoms with Gasteiger partial charge in [-0.15, -0.1) is 0 Å². The Morgan fingerprint density at radius 3 is 2.74 bits per heavy atom. The summed E-state index contributed by atoms with van der Waals surface area (Å²) in [5.74, 6) is 1.08. The fourth-order valence-electron chi connectivity index (χ4n) is 4.63. The van der Waals surface area contributed by atoms with Gasteiger partial charge in [-0.2, -0.15) is 0 Å². The summed E-state index contributed by atoms with van der Waals surface area (Å²) in [7, 11) is 0. The Morgan fingerprint density at radius 2 is 1.91 bits per heavy atom. The third-order valence-corrected chi connectivity index (χ3v) is 7.06. The van der Waals surface area contributed by atoms with Gasteiger partial charge >= 0.3 is 0 Å². The van der Waals surface area contributed by atoms with E-state index in [9.17, 15) is 4.79 Å². The average Bonchev–Trinajstić information content (AvgIpc) is 3.21. The van der Waals surface area contributed by atoms with E-state index in [0.717, 1.165) is 58.5 Å². The van der Waals surface area contributed by atoms with Crippen LogP contribution in [0.25, 0.3) is 16.7 Å². The van der Waals surface area contributed by atoms with Gasteiger partial charge in [0.2, 0.25) is 5.91 Å². The lowest BCUT2D eigenvalue weighted by molar-refractivity contribution is -0.127. The van der Waals surface area contributed by atoms with Crippen molar-refractivity contribution < 1.29 is 4.79 Å². The summed E-state index contributed by atoms with van der Waals surface area (Å²) in [4.78, 5) is 20.2. The second-order valence-electron chi connectivity index (χ2n) is 8.75. The molecule has 0 bridgehead atoms. The van der Waals surface area contributed by atoms with Crippen molar-refractivity contribution in [3.63, 3.8) is 0 Å². The van der Waals surface area contributed by atoms with Crippen LogP contribution in [0.5, 0.6) is 0 Å². The molecule has 1 saturated heterocycles. The lowest BCUT2D eigenvalue weighted by Crippen LogP contribution is -2.42. The van der Waals surface area contributed by atoms with Gasteiger partial charge in [-0.25, -0.2) is 4.98 Å². The summed E-state index contributed by atoms with van der Waals surface area (Å²) in [6.45, 7) is 2.91. The van der Waals surface area contributed by atoms with Gasteiger partial charge in [0.05, 0.1) is 23.5 Å². The zero-order valence-corrected chi connectivity index (χ0v) is 21.1. The Kier molecular flexibility index (Phi) is 6.99. The van der Waals surface area contributed by atoms with Gasteiger partial charge in [0.15, 0.2) is 0 Å². The third-order valence-electron chi connectivity index (χ3n) is 6.32. The molecule has 4 aromatic rings. The minimum atomic E-state index is -0.0234. The molecule has 0 saturated carbocycles. The van der Waals surface area contributed by atoms with Gasteiger partial charge < -0.3 is 5.32 Å². The topological polar surface area (TPSA) is 50.2 Å². The number of hydrogen-bond donors (Lipinski definition) is 1. The first-order valence-electron chi connectivity index (χ1n) is 11.5. The third kappa shape index (κ3) is 5.19. The number of benzene rings is 3. The van der Waals surface area contributed by atoms with Crippen LogP contribution in [0.2, 0.25) is 5.02 Å². The first kappa shape index (κ1) is 23.1. The van der Waals surface area contributed by atoms with Crippen LogP contribution in [0.3, 0.4) is 0 Å². The Balaban J connectivity index is 1.31. The molecule has 174 valence electrons. The molecule has 1 aliphatic rings. The molecule has 3 aromatic carbocycles. The van der Waals surface area contributed by atoms with E-state index in [0.29, 0.717) is 18.1 Å². The molecule has 5 nitrogen and oxygen atoms in total. The summed E-state index contributed by atoms with van der Waals surface area (Å²) in [6.07, 6.45) is 1.90. The van der Waals surface area contributed by atoms with E-state index in [1.54, 1.807) is 0 Å². The molecule has 1 aliphatic heterocycles. The molecule has 34 heavy (non-hydrogen) atoms.